The van der Waals surface area contributed by atoms with Crippen molar-refractivity contribution in [1.82, 2.24) is 4.90 Å². The summed E-state index contributed by atoms with van der Waals surface area (Å²) in [5.41, 5.74) is 5.70. The van der Waals surface area contributed by atoms with Crippen molar-refractivity contribution >= 4 is 11.9 Å². The van der Waals surface area contributed by atoms with Gasteiger partial charge < -0.3 is 10.5 Å². The highest BCUT2D eigenvalue weighted by atomic mass is 16.5. The minimum atomic E-state index is -0.588. The first-order valence-electron chi connectivity index (χ1n) is 11.9. The lowest BCUT2D eigenvalue weighted by molar-refractivity contribution is -0.132. The Hall–Kier alpha value is -1.10. The van der Waals surface area contributed by atoms with Crippen LogP contribution in [0, 0.1) is 11.8 Å². The number of nitrogens with two attached hydrogens (primary N) is 1. The molecule has 2 fully saturated rings. The van der Waals surface area contributed by atoms with Crippen LogP contribution >= 0.6 is 0 Å². The van der Waals surface area contributed by atoms with E-state index in [1.807, 2.05) is 6.92 Å². The number of hydrogen-bond acceptors (Lipinski definition) is 4. The van der Waals surface area contributed by atoms with E-state index in [9.17, 15) is 4.79 Å². The molecule has 2 aliphatic carbocycles. The fraction of sp³-hybridized carbons (Fsp3) is 0.913. The molecule has 0 spiro atoms. The molecule has 3 rings (SSSR count). The molecule has 1 heterocycles. The molecule has 3 aliphatic rings. The number of carbonyl (C=O) groups excluding carboxylic acids is 1. The number of rotatable bonds is 10. The van der Waals surface area contributed by atoms with Gasteiger partial charge in [-0.1, -0.05) is 64.2 Å². The second-order valence-electron chi connectivity index (χ2n) is 9.26. The lowest BCUT2D eigenvalue weighted by Gasteiger charge is -2.33. The zero-order valence-electron chi connectivity index (χ0n) is 18.0. The Morgan fingerprint density at radius 1 is 1.07 bits per heavy atom. The van der Waals surface area contributed by atoms with E-state index in [1.54, 1.807) is 4.90 Å². The number of carbonyl (C=O) groups is 1. The van der Waals surface area contributed by atoms with Crippen LogP contribution in [0.1, 0.15) is 96.8 Å². The first-order valence-corrected chi connectivity index (χ1v) is 11.9. The molecule has 5 heteroatoms. The molecule has 28 heavy (non-hydrogen) atoms. The van der Waals surface area contributed by atoms with Gasteiger partial charge in [0.05, 0.1) is 0 Å². The minimum Gasteiger partial charge on any atom is -0.382 e. The Labute approximate surface area is 171 Å². The maximum atomic E-state index is 13.5. The average molecular weight is 392 g/mol. The van der Waals surface area contributed by atoms with Crippen molar-refractivity contribution in [3.63, 3.8) is 0 Å². The first kappa shape index (κ1) is 21.6. The lowest BCUT2D eigenvalue weighted by atomic mass is 9.75. The molecule has 0 bridgehead atoms. The summed E-state index contributed by atoms with van der Waals surface area (Å²) < 4.78 is 5.45. The van der Waals surface area contributed by atoms with Gasteiger partial charge in [0, 0.05) is 19.8 Å². The topological polar surface area (TPSA) is 67.9 Å². The monoisotopic (exact) mass is 391 g/mol. The summed E-state index contributed by atoms with van der Waals surface area (Å²) >= 11 is 0. The molecule has 2 saturated carbocycles. The molecule has 0 radical (unpaired) electrons. The van der Waals surface area contributed by atoms with Gasteiger partial charge in [0.1, 0.15) is 5.54 Å². The molecule has 2 N–H and O–H groups in total. The van der Waals surface area contributed by atoms with E-state index in [-0.39, 0.29) is 5.91 Å². The molecule has 1 atom stereocenters. The Kier molecular flexibility index (Phi) is 8.19. The Bertz CT molecular complexity index is 524. The van der Waals surface area contributed by atoms with E-state index in [0.29, 0.717) is 31.6 Å². The Morgan fingerprint density at radius 2 is 1.71 bits per heavy atom. The molecule has 1 amide bonds. The van der Waals surface area contributed by atoms with Crippen LogP contribution in [0.5, 0.6) is 0 Å². The van der Waals surface area contributed by atoms with Gasteiger partial charge in [-0.2, -0.15) is 0 Å². The van der Waals surface area contributed by atoms with Crippen molar-refractivity contribution in [2.24, 2.45) is 22.6 Å². The van der Waals surface area contributed by atoms with Crippen LogP contribution in [-0.4, -0.2) is 42.1 Å². The maximum absolute atomic E-state index is 13.5. The molecule has 0 aromatic heterocycles. The number of hydrogen-bond donors (Lipinski definition) is 1. The minimum absolute atomic E-state index is 0.169. The van der Waals surface area contributed by atoms with Gasteiger partial charge >= 0.3 is 0 Å². The summed E-state index contributed by atoms with van der Waals surface area (Å²) in [6.45, 7) is 4.01. The third-order valence-corrected chi connectivity index (χ3v) is 7.16. The molecule has 5 nitrogen and oxygen atoms in total. The third kappa shape index (κ3) is 5.49. The normalized spacial score (nSPS) is 27.4. The van der Waals surface area contributed by atoms with Gasteiger partial charge in [-0.05, 0) is 44.4 Å². The highest BCUT2D eigenvalue weighted by Gasteiger charge is 2.48. The lowest BCUT2D eigenvalue weighted by Crippen LogP contribution is -2.46. The van der Waals surface area contributed by atoms with Crippen molar-refractivity contribution < 1.29 is 9.53 Å². The van der Waals surface area contributed by atoms with Gasteiger partial charge in [0.15, 0.2) is 5.96 Å². The smallest absolute Gasteiger partial charge is 0.257 e. The van der Waals surface area contributed by atoms with Crippen LogP contribution < -0.4 is 5.73 Å². The van der Waals surface area contributed by atoms with Crippen molar-refractivity contribution in [3.05, 3.63) is 0 Å². The summed E-state index contributed by atoms with van der Waals surface area (Å²) in [5.74, 6) is 2.01. The number of amides is 1. The van der Waals surface area contributed by atoms with Gasteiger partial charge in [-0.25, -0.2) is 4.99 Å². The van der Waals surface area contributed by atoms with Crippen molar-refractivity contribution in [1.29, 1.82) is 0 Å². The molecular weight excluding hydrogens is 350 g/mol. The maximum Gasteiger partial charge on any atom is 0.257 e. The third-order valence-electron chi connectivity index (χ3n) is 7.16. The van der Waals surface area contributed by atoms with Gasteiger partial charge in [0.25, 0.3) is 5.91 Å². The second kappa shape index (κ2) is 10.6. The molecule has 1 unspecified atom stereocenters. The number of aliphatic imine (C=N–C) groups is 1. The molecule has 0 aromatic rings. The predicted molar refractivity (Wildman–Crippen MR) is 114 cm³/mol. The zero-order chi connectivity index (χ0) is 19.8. The van der Waals surface area contributed by atoms with Crippen LogP contribution in [0.15, 0.2) is 4.99 Å². The van der Waals surface area contributed by atoms with E-state index in [1.165, 1.54) is 64.2 Å². The van der Waals surface area contributed by atoms with Crippen LogP contribution in [0.3, 0.4) is 0 Å². The molecule has 0 aromatic carbocycles. The standard InChI is InChI=1S/C23H41N3O2/c1-2-28-17-9-16-26-21(27)23(25-22(26)24,18-20-12-7-4-8-13-20)15-14-19-10-5-3-6-11-19/h19-20H,2-18H2,1H3,(H2,24,25). The fourth-order valence-electron chi connectivity index (χ4n) is 5.55. The van der Waals surface area contributed by atoms with Crippen molar-refractivity contribution in [2.75, 3.05) is 19.8 Å². The van der Waals surface area contributed by atoms with Crippen LogP contribution in [0.4, 0.5) is 0 Å². The quantitative estimate of drug-likeness (QED) is 0.552. The van der Waals surface area contributed by atoms with Crippen LogP contribution in [0.2, 0.25) is 0 Å². The summed E-state index contributed by atoms with van der Waals surface area (Å²) in [7, 11) is 0. The first-order chi connectivity index (χ1) is 13.6. The molecule has 1 aliphatic heterocycles. The molecule has 0 saturated heterocycles. The number of nitrogens with zero attached hydrogens (tertiary/aromatic N) is 2. The fourth-order valence-corrected chi connectivity index (χ4v) is 5.55. The van der Waals surface area contributed by atoms with E-state index in [2.05, 4.69) is 0 Å². The summed E-state index contributed by atoms with van der Waals surface area (Å²) in [4.78, 5) is 20.2. The Morgan fingerprint density at radius 3 is 2.36 bits per heavy atom. The molecule has 160 valence electrons. The van der Waals surface area contributed by atoms with Crippen molar-refractivity contribution in [3.8, 4) is 0 Å². The summed E-state index contributed by atoms with van der Waals surface area (Å²) in [6.07, 6.45) is 16.9. The van der Waals surface area contributed by atoms with E-state index < -0.39 is 5.54 Å². The number of guanidine groups is 1. The largest absolute Gasteiger partial charge is 0.382 e. The molecular formula is C23H41N3O2. The van der Waals surface area contributed by atoms with Gasteiger partial charge in [0.2, 0.25) is 0 Å². The van der Waals surface area contributed by atoms with Gasteiger partial charge in [-0.3, -0.25) is 9.69 Å². The van der Waals surface area contributed by atoms with E-state index >= 15 is 0 Å². The summed E-state index contributed by atoms with van der Waals surface area (Å²) in [6, 6.07) is 0. The zero-order valence-corrected chi connectivity index (χ0v) is 18.0. The number of ether oxygens (including phenoxy) is 1. The van der Waals surface area contributed by atoms with Crippen LogP contribution in [-0.2, 0) is 9.53 Å². The summed E-state index contributed by atoms with van der Waals surface area (Å²) in [5, 5.41) is 0. The predicted octanol–water partition coefficient (Wildman–Crippen LogP) is 4.64. The van der Waals surface area contributed by atoms with Crippen LogP contribution in [0.25, 0.3) is 0 Å². The Balaban J connectivity index is 1.66. The van der Waals surface area contributed by atoms with Gasteiger partial charge in [-0.15, -0.1) is 0 Å². The highest BCUT2D eigenvalue weighted by Crippen LogP contribution is 2.40. The van der Waals surface area contributed by atoms with E-state index in [4.69, 9.17) is 15.5 Å². The van der Waals surface area contributed by atoms with Crippen molar-refractivity contribution in [2.45, 2.75) is 102 Å². The van der Waals surface area contributed by atoms with E-state index in [0.717, 1.165) is 31.6 Å². The average Bonchev–Trinajstić information content (AvgIpc) is 2.95. The SMILES string of the molecule is CCOCCCN1C(=O)C(CCC2CCCCC2)(CC2CCCCC2)N=C1N. The highest BCUT2D eigenvalue weighted by molar-refractivity contribution is 6.06. The second-order valence-corrected chi connectivity index (χ2v) is 9.26.